The molecule has 4 heteroatoms. The van der Waals surface area contributed by atoms with E-state index in [0.717, 1.165) is 25.8 Å². The molecule has 0 rings (SSSR count). The minimum absolute atomic E-state index is 0.0982. The molecule has 19 heavy (non-hydrogen) atoms. The van der Waals surface area contributed by atoms with E-state index < -0.39 is 5.60 Å². The van der Waals surface area contributed by atoms with Gasteiger partial charge in [0.2, 0.25) is 0 Å². The van der Waals surface area contributed by atoms with Crippen molar-refractivity contribution in [1.82, 2.24) is 10.6 Å². The molecule has 0 aliphatic carbocycles. The van der Waals surface area contributed by atoms with Gasteiger partial charge >= 0.3 is 6.09 Å². The second-order valence-electron chi connectivity index (χ2n) is 5.93. The van der Waals surface area contributed by atoms with Crippen LogP contribution < -0.4 is 10.6 Å². The summed E-state index contributed by atoms with van der Waals surface area (Å²) in [5.74, 6) is 0. The summed E-state index contributed by atoms with van der Waals surface area (Å²) in [6, 6.07) is 0.522. The van der Waals surface area contributed by atoms with Gasteiger partial charge in [-0.15, -0.1) is 6.58 Å². The molecule has 0 aromatic heterocycles. The van der Waals surface area contributed by atoms with Gasteiger partial charge in [0, 0.05) is 18.6 Å². The first-order chi connectivity index (χ1) is 8.78. The molecular formula is C15H30N2O2. The highest BCUT2D eigenvalue weighted by Gasteiger charge is 2.18. The number of carbonyl (C=O) groups excluding carboxylic acids is 1. The van der Waals surface area contributed by atoms with Crippen LogP contribution >= 0.6 is 0 Å². The maximum atomic E-state index is 11.7. The van der Waals surface area contributed by atoms with Gasteiger partial charge in [0.15, 0.2) is 0 Å². The molecule has 0 aliphatic rings. The second-order valence-corrected chi connectivity index (χ2v) is 5.93. The third-order valence-corrected chi connectivity index (χ3v) is 2.73. The van der Waals surface area contributed by atoms with Crippen LogP contribution in [-0.2, 0) is 4.74 Å². The van der Waals surface area contributed by atoms with Gasteiger partial charge in [-0.1, -0.05) is 13.0 Å². The first kappa shape index (κ1) is 18.0. The van der Waals surface area contributed by atoms with E-state index in [9.17, 15) is 4.79 Å². The van der Waals surface area contributed by atoms with Crippen molar-refractivity contribution in [3.05, 3.63) is 12.7 Å². The first-order valence-corrected chi connectivity index (χ1v) is 7.12. The summed E-state index contributed by atoms with van der Waals surface area (Å²) in [7, 11) is 0. The van der Waals surface area contributed by atoms with Crippen LogP contribution in [0.25, 0.3) is 0 Å². The summed E-state index contributed by atoms with van der Waals surface area (Å²) < 4.78 is 5.25. The van der Waals surface area contributed by atoms with E-state index in [-0.39, 0.29) is 12.1 Å². The van der Waals surface area contributed by atoms with Crippen LogP contribution in [0.2, 0.25) is 0 Å². The molecule has 0 aromatic carbocycles. The molecule has 0 spiro atoms. The average Bonchev–Trinajstić information content (AvgIpc) is 2.29. The Morgan fingerprint density at radius 3 is 2.53 bits per heavy atom. The fourth-order valence-electron chi connectivity index (χ4n) is 1.59. The Labute approximate surface area is 118 Å². The van der Waals surface area contributed by atoms with Crippen LogP contribution in [-0.4, -0.2) is 30.3 Å². The predicted octanol–water partition coefficient (Wildman–Crippen LogP) is 3.23. The highest BCUT2D eigenvalue weighted by Crippen LogP contribution is 2.07. The lowest BCUT2D eigenvalue weighted by atomic mass is 10.1. The smallest absolute Gasteiger partial charge is 0.407 e. The van der Waals surface area contributed by atoms with E-state index in [4.69, 9.17) is 4.74 Å². The monoisotopic (exact) mass is 270 g/mol. The third kappa shape index (κ3) is 10.6. The van der Waals surface area contributed by atoms with E-state index in [1.165, 1.54) is 0 Å². The van der Waals surface area contributed by atoms with E-state index in [1.54, 1.807) is 0 Å². The zero-order chi connectivity index (χ0) is 14.9. The van der Waals surface area contributed by atoms with Gasteiger partial charge in [-0.3, -0.25) is 0 Å². The Hall–Kier alpha value is -1.03. The van der Waals surface area contributed by atoms with Crippen LogP contribution in [0.5, 0.6) is 0 Å². The Kier molecular flexibility index (Phi) is 8.48. The molecule has 0 saturated carbocycles. The molecule has 112 valence electrons. The lowest BCUT2D eigenvalue weighted by Gasteiger charge is -2.24. The summed E-state index contributed by atoms with van der Waals surface area (Å²) in [5, 5.41) is 6.31. The molecule has 0 fully saturated rings. The lowest BCUT2D eigenvalue weighted by Crippen LogP contribution is -2.45. The molecule has 0 heterocycles. The third-order valence-electron chi connectivity index (χ3n) is 2.73. The highest BCUT2D eigenvalue weighted by atomic mass is 16.6. The number of alkyl carbamates (subject to hydrolysis) is 1. The standard InChI is InChI=1S/C15H30N2O2/c1-7-9-10-12(3)16-11-13(8-2)17-14(18)19-15(4,5)6/h7,12-13,16H,1,8-11H2,2-6H3,(H,17,18). The molecule has 1 amide bonds. The summed E-state index contributed by atoms with van der Waals surface area (Å²) >= 11 is 0. The number of rotatable bonds is 8. The zero-order valence-corrected chi connectivity index (χ0v) is 13.1. The maximum Gasteiger partial charge on any atom is 0.407 e. The molecular weight excluding hydrogens is 240 g/mol. The number of nitrogens with one attached hydrogen (secondary N) is 2. The number of amides is 1. The van der Waals surface area contributed by atoms with Crippen molar-refractivity contribution in [1.29, 1.82) is 0 Å². The molecule has 0 aromatic rings. The van der Waals surface area contributed by atoms with Gasteiger partial charge in [0.05, 0.1) is 0 Å². The minimum atomic E-state index is -0.451. The molecule has 2 atom stereocenters. The van der Waals surface area contributed by atoms with Gasteiger partial charge in [-0.2, -0.15) is 0 Å². The van der Waals surface area contributed by atoms with Crippen molar-refractivity contribution in [3.8, 4) is 0 Å². The normalized spacial score (nSPS) is 14.6. The van der Waals surface area contributed by atoms with E-state index in [2.05, 4.69) is 31.1 Å². The zero-order valence-electron chi connectivity index (χ0n) is 13.1. The van der Waals surface area contributed by atoms with Gasteiger partial charge in [0.25, 0.3) is 0 Å². The van der Waals surface area contributed by atoms with Crippen LogP contribution in [0.15, 0.2) is 12.7 Å². The molecule has 4 nitrogen and oxygen atoms in total. The van der Waals surface area contributed by atoms with Crippen LogP contribution in [0, 0.1) is 0 Å². The molecule has 0 radical (unpaired) electrons. The molecule has 0 bridgehead atoms. The summed E-state index contributed by atoms with van der Waals surface area (Å²) in [6.07, 6.45) is 4.52. The van der Waals surface area contributed by atoms with E-state index in [1.807, 2.05) is 26.8 Å². The molecule has 0 aliphatic heterocycles. The van der Waals surface area contributed by atoms with Crippen molar-refractivity contribution >= 4 is 6.09 Å². The van der Waals surface area contributed by atoms with Crippen molar-refractivity contribution in [2.75, 3.05) is 6.54 Å². The molecule has 0 saturated heterocycles. The van der Waals surface area contributed by atoms with E-state index in [0.29, 0.717) is 6.04 Å². The van der Waals surface area contributed by atoms with Gasteiger partial charge in [-0.25, -0.2) is 4.79 Å². The van der Waals surface area contributed by atoms with Crippen molar-refractivity contribution in [2.24, 2.45) is 0 Å². The lowest BCUT2D eigenvalue weighted by molar-refractivity contribution is 0.0502. The van der Waals surface area contributed by atoms with Crippen molar-refractivity contribution < 1.29 is 9.53 Å². The number of hydrogen-bond donors (Lipinski definition) is 2. The number of hydrogen-bond acceptors (Lipinski definition) is 3. The summed E-state index contributed by atoms with van der Waals surface area (Å²) in [6.45, 7) is 14.3. The largest absolute Gasteiger partial charge is 0.444 e. The van der Waals surface area contributed by atoms with Crippen molar-refractivity contribution in [2.45, 2.75) is 71.6 Å². The fourth-order valence-corrected chi connectivity index (χ4v) is 1.59. The fraction of sp³-hybridized carbons (Fsp3) is 0.800. The highest BCUT2D eigenvalue weighted by molar-refractivity contribution is 5.68. The second kappa shape index (κ2) is 8.97. The predicted molar refractivity (Wildman–Crippen MR) is 80.3 cm³/mol. The molecule has 2 unspecified atom stereocenters. The Morgan fingerprint density at radius 2 is 2.05 bits per heavy atom. The average molecular weight is 270 g/mol. The SMILES string of the molecule is C=CCCC(C)NCC(CC)NC(=O)OC(C)(C)C. The molecule has 2 N–H and O–H groups in total. The maximum absolute atomic E-state index is 11.7. The van der Waals surface area contributed by atoms with Crippen LogP contribution in [0.4, 0.5) is 4.79 Å². The quantitative estimate of drug-likeness (QED) is 0.666. The number of allylic oxidation sites excluding steroid dienone is 1. The summed E-state index contributed by atoms with van der Waals surface area (Å²) in [4.78, 5) is 11.7. The Morgan fingerprint density at radius 1 is 1.42 bits per heavy atom. The Bertz CT molecular complexity index is 272. The van der Waals surface area contributed by atoms with Crippen LogP contribution in [0.3, 0.4) is 0 Å². The van der Waals surface area contributed by atoms with Crippen LogP contribution in [0.1, 0.15) is 53.9 Å². The number of ether oxygens (including phenoxy) is 1. The van der Waals surface area contributed by atoms with E-state index >= 15 is 0 Å². The topological polar surface area (TPSA) is 50.4 Å². The van der Waals surface area contributed by atoms with Gasteiger partial charge < -0.3 is 15.4 Å². The minimum Gasteiger partial charge on any atom is -0.444 e. The van der Waals surface area contributed by atoms with Crippen molar-refractivity contribution in [3.63, 3.8) is 0 Å². The Balaban J connectivity index is 4.00. The van der Waals surface area contributed by atoms with Gasteiger partial charge in [-0.05, 0) is 47.0 Å². The first-order valence-electron chi connectivity index (χ1n) is 7.12. The van der Waals surface area contributed by atoms with Gasteiger partial charge in [0.1, 0.15) is 5.60 Å². The number of carbonyl (C=O) groups is 1. The summed E-state index contributed by atoms with van der Waals surface area (Å²) in [5.41, 5.74) is -0.451.